The van der Waals surface area contributed by atoms with Crippen LogP contribution in [-0.2, 0) is 4.79 Å². The average Bonchev–Trinajstić information content (AvgIpc) is 2.92. The van der Waals surface area contributed by atoms with Crippen LogP contribution < -0.4 is 4.74 Å². The molecular formula is C22H32O3. The molecule has 2 aliphatic carbocycles. The fourth-order valence-corrected chi connectivity index (χ4v) is 5.64. The number of carboxylic acids is 1. The summed E-state index contributed by atoms with van der Waals surface area (Å²) in [5, 5.41) is 10.4. The van der Waals surface area contributed by atoms with Gasteiger partial charge in [0.15, 0.2) is 0 Å². The highest BCUT2D eigenvalue weighted by Gasteiger charge is 2.68. The summed E-state index contributed by atoms with van der Waals surface area (Å²) in [5.41, 5.74) is -0.943. The molecule has 0 aromatic heterocycles. The maximum absolute atomic E-state index is 12.6. The van der Waals surface area contributed by atoms with Crippen LogP contribution in [0, 0.1) is 22.7 Å². The van der Waals surface area contributed by atoms with Gasteiger partial charge in [0.1, 0.15) is 5.75 Å². The predicted molar refractivity (Wildman–Crippen MR) is 99.7 cm³/mol. The third-order valence-corrected chi connectivity index (χ3v) is 7.66. The first-order valence-electron chi connectivity index (χ1n) is 9.75. The molecule has 2 bridgehead atoms. The fraction of sp³-hybridized carbons (Fsp3) is 0.682. The van der Waals surface area contributed by atoms with Crippen LogP contribution in [-0.4, -0.2) is 16.7 Å². The van der Waals surface area contributed by atoms with Gasteiger partial charge in [-0.3, -0.25) is 0 Å². The number of carbonyl (C=O) groups is 1. The molecule has 0 radical (unpaired) electrons. The number of para-hydroxylation sites is 1. The van der Waals surface area contributed by atoms with Crippen molar-refractivity contribution in [1.29, 1.82) is 0 Å². The maximum atomic E-state index is 12.6. The molecule has 3 heteroatoms. The Bertz CT molecular complexity index is 623. The highest BCUT2D eigenvalue weighted by atomic mass is 16.5. The van der Waals surface area contributed by atoms with Gasteiger partial charge in [0.05, 0.1) is 0 Å². The van der Waals surface area contributed by atoms with Crippen LogP contribution in [0.4, 0.5) is 0 Å². The van der Waals surface area contributed by atoms with E-state index in [9.17, 15) is 9.90 Å². The Hall–Kier alpha value is -1.51. The Labute approximate surface area is 151 Å². The minimum Gasteiger partial charge on any atom is -0.478 e. The van der Waals surface area contributed by atoms with Crippen molar-refractivity contribution >= 4 is 5.97 Å². The molecule has 4 atom stereocenters. The third-order valence-electron chi connectivity index (χ3n) is 7.66. The van der Waals surface area contributed by atoms with Gasteiger partial charge < -0.3 is 9.84 Å². The summed E-state index contributed by atoms with van der Waals surface area (Å²) in [4.78, 5) is 12.6. The molecular weight excluding hydrogens is 312 g/mol. The first-order chi connectivity index (χ1) is 11.8. The van der Waals surface area contributed by atoms with E-state index in [0.717, 1.165) is 25.7 Å². The number of carboxylic acid groups (broad SMARTS) is 1. The summed E-state index contributed by atoms with van der Waals surface area (Å²) < 4.78 is 6.36. The van der Waals surface area contributed by atoms with Gasteiger partial charge in [0.2, 0.25) is 5.60 Å². The maximum Gasteiger partial charge on any atom is 0.348 e. The van der Waals surface area contributed by atoms with Crippen molar-refractivity contribution in [2.24, 2.45) is 22.7 Å². The number of benzene rings is 1. The molecule has 1 N–H and O–H groups in total. The normalized spacial score (nSPS) is 32.3. The van der Waals surface area contributed by atoms with Crippen molar-refractivity contribution < 1.29 is 14.6 Å². The number of hydrogen-bond acceptors (Lipinski definition) is 2. The van der Waals surface area contributed by atoms with Gasteiger partial charge in [-0.05, 0) is 61.0 Å². The van der Waals surface area contributed by atoms with Crippen molar-refractivity contribution in [3.63, 3.8) is 0 Å². The molecule has 0 saturated heterocycles. The van der Waals surface area contributed by atoms with Crippen molar-refractivity contribution in [3.05, 3.63) is 30.3 Å². The minimum atomic E-state index is -1.13. The zero-order chi connectivity index (χ0) is 18.3. The second kappa shape index (κ2) is 6.34. The fourth-order valence-electron chi connectivity index (χ4n) is 5.64. The van der Waals surface area contributed by atoms with Gasteiger partial charge in [-0.25, -0.2) is 4.79 Å². The highest BCUT2D eigenvalue weighted by Crippen LogP contribution is 2.70. The molecule has 0 spiro atoms. The summed E-state index contributed by atoms with van der Waals surface area (Å²) in [7, 11) is 0. The second-order valence-corrected chi connectivity index (χ2v) is 8.88. The molecule has 1 aromatic rings. The van der Waals surface area contributed by atoms with Crippen LogP contribution in [0.1, 0.15) is 66.2 Å². The standard InChI is InChI=1S/C22H32O3/c1-5-6-13-22(19(23)24,25-17-10-8-7-9-11-17)18-15-16-12-14-21(18,4)20(16,2)3/h7-11,16,18H,5-6,12-15H2,1-4H3,(H,23,24). The summed E-state index contributed by atoms with van der Waals surface area (Å²) in [6.45, 7) is 9.09. The first-order valence-corrected chi connectivity index (χ1v) is 9.75. The van der Waals surface area contributed by atoms with Crippen molar-refractivity contribution in [2.45, 2.75) is 71.8 Å². The number of fused-ring (bicyclic) bond motifs is 2. The quantitative estimate of drug-likeness (QED) is 0.706. The van der Waals surface area contributed by atoms with Crippen molar-refractivity contribution in [3.8, 4) is 5.75 Å². The summed E-state index contributed by atoms with van der Waals surface area (Å²) in [6.07, 6.45) is 5.72. The zero-order valence-corrected chi connectivity index (χ0v) is 16.0. The lowest BCUT2D eigenvalue weighted by Crippen LogP contribution is -2.56. The van der Waals surface area contributed by atoms with E-state index in [1.807, 2.05) is 30.3 Å². The molecule has 3 nitrogen and oxygen atoms in total. The van der Waals surface area contributed by atoms with Gasteiger partial charge in [-0.15, -0.1) is 0 Å². The molecule has 0 aliphatic heterocycles. The van der Waals surface area contributed by atoms with Gasteiger partial charge >= 0.3 is 5.97 Å². The van der Waals surface area contributed by atoms with E-state index >= 15 is 0 Å². The average molecular weight is 344 g/mol. The largest absolute Gasteiger partial charge is 0.478 e. The van der Waals surface area contributed by atoms with Crippen LogP contribution >= 0.6 is 0 Å². The van der Waals surface area contributed by atoms with E-state index in [2.05, 4.69) is 27.7 Å². The van der Waals surface area contributed by atoms with Crippen LogP contribution in [0.3, 0.4) is 0 Å². The lowest BCUT2D eigenvalue weighted by molar-refractivity contribution is -0.169. The monoisotopic (exact) mass is 344 g/mol. The Morgan fingerprint density at radius 2 is 1.96 bits per heavy atom. The molecule has 2 saturated carbocycles. The molecule has 0 amide bonds. The summed E-state index contributed by atoms with van der Waals surface area (Å²) in [5.74, 6) is 0.532. The molecule has 25 heavy (non-hydrogen) atoms. The van der Waals surface area contributed by atoms with Crippen LogP contribution in [0.2, 0.25) is 0 Å². The Kier molecular flexibility index (Phi) is 4.63. The first kappa shape index (κ1) is 18.3. The topological polar surface area (TPSA) is 46.5 Å². The van der Waals surface area contributed by atoms with E-state index in [1.165, 1.54) is 6.42 Å². The number of hydrogen-bond donors (Lipinski definition) is 1. The number of ether oxygens (including phenoxy) is 1. The van der Waals surface area contributed by atoms with Crippen LogP contribution in [0.5, 0.6) is 5.75 Å². The molecule has 0 heterocycles. The zero-order valence-electron chi connectivity index (χ0n) is 16.0. The van der Waals surface area contributed by atoms with Crippen molar-refractivity contribution in [2.75, 3.05) is 0 Å². The van der Waals surface area contributed by atoms with Gasteiger partial charge in [0.25, 0.3) is 0 Å². The third kappa shape index (κ3) is 2.67. The Morgan fingerprint density at radius 3 is 2.44 bits per heavy atom. The van der Waals surface area contributed by atoms with E-state index in [0.29, 0.717) is 18.1 Å². The van der Waals surface area contributed by atoms with Crippen molar-refractivity contribution in [1.82, 2.24) is 0 Å². The minimum absolute atomic E-state index is 0.0125. The van der Waals surface area contributed by atoms with E-state index in [-0.39, 0.29) is 16.7 Å². The van der Waals surface area contributed by atoms with E-state index in [4.69, 9.17) is 4.74 Å². The number of unbranched alkanes of at least 4 members (excludes halogenated alkanes) is 1. The summed E-state index contributed by atoms with van der Waals surface area (Å²) >= 11 is 0. The van der Waals surface area contributed by atoms with Gasteiger partial charge in [-0.1, -0.05) is 52.3 Å². The SMILES string of the molecule is CCCCC(Oc1ccccc1)(C(=O)O)C1CC2CCC1(C)C2(C)C. The highest BCUT2D eigenvalue weighted by molar-refractivity contribution is 5.79. The predicted octanol–water partition coefficient (Wildman–Crippen LogP) is 5.54. The Balaban J connectivity index is 2.03. The lowest BCUT2D eigenvalue weighted by atomic mass is 9.61. The molecule has 2 aliphatic rings. The molecule has 3 rings (SSSR count). The van der Waals surface area contributed by atoms with Gasteiger partial charge in [-0.2, -0.15) is 0 Å². The number of aliphatic carboxylic acids is 1. The summed E-state index contributed by atoms with van der Waals surface area (Å²) in [6, 6.07) is 9.51. The van der Waals surface area contributed by atoms with E-state index < -0.39 is 11.6 Å². The lowest BCUT2D eigenvalue weighted by Gasteiger charge is -2.47. The molecule has 1 aromatic carbocycles. The molecule has 2 fully saturated rings. The Morgan fingerprint density at radius 1 is 1.28 bits per heavy atom. The van der Waals surface area contributed by atoms with Gasteiger partial charge in [0, 0.05) is 5.92 Å². The van der Waals surface area contributed by atoms with Crippen LogP contribution in [0.15, 0.2) is 30.3 Å². The molecule has 4 unspecified atom stereocenters. The number of rotatable bonds is 7. The smallest absolute Gasteiger partial charge is 0.348 e. The second-order valence-electron chi connectivity index (χ2n) is 8.88. The van der Waals surface area contributed by atoms with Crippen LogP contribution in [0.25, 0.3) is 0 Å². The van der Waals surface area contributed by atoms with E-state index in [1.54, 1.807) is 0 Å². The molecule has 138 valence electrons.